The number of hydrogen-bond donors (Lipinski definition) is 1. The third-order valence-electron chi connectivity index (χ3n) is 5.79. The topological polar surface area (TPSA) is 56.1 Å². The lowest BCUT2D eigenvalue weighted by Crippen LogP contribution is -2.62. The van der Waals surface area contributed by atoms with E-state index >= 15 is 0 Å². The van der Waals surface area contributed by atoms with Crippen molar-refractivity contribution in [3.63, 3.8) is 0 Å². The molecule has 0 spiro atoms. The summed E-state index contributed by atoms with van der Waals surface area (Å²) in [6.07, 6.45) is 2.37. The molecule has 3 saturated heterocycles. The van der Waals surface area contributed by atoms with Crippen LogP contribution < -0.4 is 5.32 Å². The number of carbonyl (C=O) groups excluding carboxylic acids is 1. The Morgan fingerprint density at radius 2 is 1.89 bits per heavy atom. The number of benzene rings is 2. The Morgan fingerprint density at radius 1 is 1.15 bits per heavy atom. The van der Waals surface area contributed by atoms with Gasteiger partial charge in [-0.1, -0.05) is 17.8 Å². The van der Waals surface area contributed by atoms with Crippen LogP contribution in [-0.4, -0.2) is 36.0 Å². The fourth-order valence-electron chi connectivity index (χ4n) is 4.22. The number of carbonyl (C=O) groups is 1. The lowest BCUT2D eigenvalue weighted by molar-refractivity contribution is 0.0217. The van der Waals surface area contributed by atoms with Crippen LogP contribution in [0.15, 0.2) is 58.3 Å². The molecule has 5 rings (SSSR count). The van der Waals surface area contributed by atoms with Crippen molar-refractivity contribution >= 4 is 17.7 Å². The molecule has 2 unspecified atom stereocenters. The van der Waals surface area contributed by atoms with Gasteiger partial charge >= 0.3 is 0 Å². The summed E-state index contributed by atoms with van der Waals surface area (Å²) in [5.41, 5.74) is 1.36. The molecule has 27 heavy (non-hydrogen) atoms. The highest BCUT2D eigenvalue weighted by atomic mass is 32.2. The quantitative estimate of drug-likeness (QED) is 0.877. The van der Waals surface area contributed by atoms with E-state index in [-0.39, 0.29) is 11.9 Å². The second-order valence-electron chi connectivity index (χ2n) is 7.38. The van der Waals surface area contributed by atoms with E-state index in [9.17, 15) is 4.79 Å². The van der Waals surface area contributed by atoms with Gasteiger partial charge in [-0.15, -0.1) is 0 Å². The molecular formula is C22H23N3OS. The van der Waals surface area contributed by atoms with Crippen molar-refractivity contribution in [2.45, 2.75) is 41.6 Å². The first-order chi connectivity index (χ1) is 13.1. The van der Waals surface area contributed by atoms with Crippen LogP contribution in [-0.2, 0) is 0 Å². The zero-order valence-electron chi connectivity index (χ0n) is 15.4. The summed E-state index contributed by atoms with van der Waals surface area (Å²) in [4.78, 5) is 17.3. The number of amides is 1. The first kappa shape index (κ1) is 18.1. The van der Waals surface area contributed by atoms with Gasteiger partial charge in [-0.25, -0.2) is 0 Å². The number of nitriles is 1. The summed E-state index contributed by atoms with van der Waals surface area (Å²) in [5.74, 6) is 0.625. The maximum Gasteiger partial charge on any atom is 0.251 e. The van der Waals surface area contributed by atoms with Crippen LogP contribution in [0.3, 0.4) is 0 Å². The predicted octanol–water partition coefficient (Wildman–Crippen LogP) is 3.92. The van der Waals surface area contributed by atoms with Crippen LogP contribution >= 0.6 is 11.8 Å². The van der Waals surface area contributed by atoms with E-state index in [1.54, 1.807) is 17.8 Å². The highest BCUT2D eigenvalue weighted by molar-refractivity contribution is 7.99. The first-order valence-corrected chi connectivity index (χ1v) is 10.3. The lowest BCUT2D eigenvalue weighted by atomic mass is 9.79. The molecule has 138 valence electrons. The Hall–Kier alpha value is -2.29. The summed E-state index contributed by atoms with van der Waals surface area (Å²) < 4.78 is 0. The van der Waals surface area contributed by atoms with E-state index in [2.05, 4.69) is 23.2 Å². The van der Waals surface area contributed by atoms with Crippen molar-refractivity contribution in [1.82, 2.24) is 10.2 Å². The monoisotopic (exact) mass is 377 g/mol. The average Bonchev–Trinajstić information content (AvgIpc) is 2.71. The molecule has 5 heteroatoms. The number of hydrogen-bond acceptors (Lipinski definition) is 4. The van der Waals surface area contributed by atoms with Gasteiger partial charge in [0.15, 0.2) is 0 Å². The van der Waals surface area contributed by atoms with Crippen LogP contribution in [0.25, 0.3) is 0 Å². The van der Waals surface area contributed by atoms with Crippen molar-refractivity contribution in [3.8, 4) is 6.07 Å². The van der Waals surface area contributed by atoms with Crippen LogP contribution in [0.5, 0.6) is 0 Å². The minimum absolute atomic E-state index is 0.0172. The Bertz CT molecular complexity index is 864. The molecule has 3 fully saturated rings. The molecule has 2 bridgehead atoms. The van der Waals surface area contributed by atoms with Gasteiger partial charge in [0.05, 0.1) is 11.6 Å². The van der Waals surface area contributed by atoms with E-state index in [1.165, 1.54) is 12.8 Å². The van der Waals surface area contributed by atoms with Crippen LogP contribution in [0, 0.1) is 17.2 Å². The largest absolute Gasteiger partial charge is 0.347 e. The van der Waals surface area contributed by atoms with Crippen molar-refractivity contribution in [1.29, 1.82) is 5.26 Å². The Balaban J connectivity index is 1.41. The molecule has 1 amide bonds. The van der Waals surface area contributed by atoms with Gasteiger partial charge in [-0.05, 0) is 81.2 Å². The van der Waals surface area contributed by atoms with Gasteiger partial charge in [-0.3, -0.25) is 9.69 Å². The molecule has 2 atom stereocenters. The molecule has 0 aliphatic carbocycles. The van der Waals surface area contributed by atoms with Crippen LogP contribution in [0.1, 0.15) is 35.7 Å². The lowest BCUT2D eigenvalue weighted by Gasteiger charge is -2.49. The summed E-state index contributed by atoms with van der Waals surface area (Å²) in [6, 6.07) is 18.1. The molecule has 1 N–H and O–H groups in total. The minimum Gasteiger partial charge on any atom is -0.347 e. The Morgan fingerprint density at radius 3 is 2.56 bits per heavy atom. The van der Waals surface area contributed by atoms with Crippen molar-refractivity contribution in [3.05, 3.63) is 59.7 Å². The van der Waals surface area contributed by atoms with Crippen molar-refractivity contribution in [2.24, 2.45) is 5.92 Å². The zero-order valence-corrected chi connectivity index (χ0v) is 16.2. The summed E-state index contributed by atoms with van der Waals surface area (Å²) in [5, 5.41) is 12.3. The third-order valence-corrected chi connectivity index (χ3v) is 6.79. The average molecular weight is 378 g/mol. The van der Waals surface area contributed by atoms with Gasteiger partial charge < -0.3 is 5.32 Å². The molecular weight excluding hydrogens is 354 g/mol. The van der Waals surface area contributed by atoms with Crippen molar-refractivity contribution in [2.75, 3.05) is 13.1 Å². The number of piperidine rings is 3. The molecule has 3 aliphatic heterocycles. The van der Waals surface area contributed by atoms with Crippen LogP contribution in [0.4, 0.5) is 0 Å². The minimum atomic E-state index is 0.0172. The van der Waals surface area contributed by atoms with Crippen LogP contribution in [0.2, 0.25) is 0 Å². The van der Waals surface area contributed by atoms with E-state index in [0.29, 0.717) is 23.1 Å². The first-order valence-electron chi connectivity index (χ1n) is 9.47. The normalized spacial score (nSPS) is 26.4. The fraction of sp³-hybridized carbons (Fsp3) is 0.364. The summed E-state index contributed by atoms with van der Waals surface area (Å²) in [7, 11) is 0. The molecule has 0 saturated carbocycles. The molecule has 3 aliphatic rings. The molecule has 2 aromatic rings. The Kier molecular flexibility index (Phi) is 5.20. The van der Waals surface area contributed by atoms with E-state index in [0.717, 1.165) is 22.9 Å². The maximum absolute atomic E-state index is 12.7. The second kappa shape index (κ2) is 7.75. The summed E-state index contributed by atoms with van der Waals surface area (Å²) >= 11 is 1.59. The maximum atomic E-state index is 12.7. The van der Waals surface area contributed by atoms with Gasteiger partial charge in [0, 0.05) is 27.4 Å². The Labute approximate surface area is 164 Å². The molecule has 0 radical (unpaired) electrons. The van der Waals surface area contributed by atoms with E-state index in [4.69, 9.17) is 5.26 Å². The highest BCUT2D eigenvalue weighted by Gasteiger charge is 2.40. The van der Waals surface area contributed by atoms with E-state index in [1.807, 2.05) is 42.5 Å². The van der Waals surface area contributed by atoms with E-state index < -0.39 is 0 Å². The molecule has 2 aromatic carbocycles. The standard InChI is InChI=1S/C22H23N3OS/c1-15-21(17-9-11-25(15)12-10-17)24-22(26)18-5-7-19(8-6-18)27-20-4-2-3-16(13-20)14-23/h2-8,13,15,17,21H,9-12H2,1H3,(H,24,26). The number of rotatable bonds is 4. The zero-order chi connectivity index (χ0) is 18.8. The van der Waals surface area contributed by atoms with Gasteiger partial charge in [-0.2, -0.15) is 5.26 Å². The SMILES string of the molecule is CC1C(NC(=O)c2ccc(Sc3cccc(C#N)c3)cc2)C2CCN1CC2. The summed E-state index contributed by atoms with van der Waals surface area (Å²) in [6.45, 7) is 4.56. The fourth-order valence-corrected chi connectivity index (χ4v) is 5.10. The van der Waals surface area contributed by atoms with Gasteiger partial charge in [0.2, 0.25) is 0 Å². The van der Waals surface area contributed by atoms with Gasteiger partial charge in [0.25, 0.3) is 5.91 Å². The number of fused-ring (bicyclic) bond motifs is 3. The highest BCUT2D eigenvalue weighted by Crippen LogP contribution is 2.32. The molecule has 3 heterocycles. The third kappa shape index (κ3) is 3.87. The number of nitrogens with zero attached hydrogens (tertiary/aromatic N) is 2. The van der Waals surface area contributed by atoms with Gasteiger partial charge in [0.1, 0.15) is 0 Å². The van der Waals surface area contributed by atoms with Crippen molar-refractivity contribution < 1.29 is 4.79 Å². The molecule has 0 aromatic heterocycles. The smallest absolute Gasteiger partial charge is 0.251 e. The predicted molar refractivity (Wildman–Crippen MR) is 107 cm³/mol. The molecule has 4 nitrogen and oxygen atoms in total. The number of nitrogens with one attached hydrogen (secondary N) is 1. The second-order valence-corrected chi connectivity index (χ2v) is 8.53.